The summed E-state index contributed by atoms with van der Waals surface area (Å²) < 4.78 is 21.5. The molecule has 0 aliphatic rings. The van der Waals surface area contributed by atoms with Gasteiger partial charge >= 0.3 is 5.97 Å². The number of nitrogens with zero attached hydrogens (tertiary/aromatic N) is 1. The van der Waals surface area contributed by atoms with Crippen LogP contribution in [0.2, 0.25) is 0 Å². The molecule has 0 aliphatic carbocycles. The molecule has 36 heavy (non-hydrogen) atoms. The molecule has 3 aromatic rings. The van der Waals surface area contributed by atoms with Crippen LogP contribution in [-0.4, -0.2) is 39.2 Å². The molecule has 8 nitrogen and oxygen atoms in total. The number of hydrogen-bond donors (Lipinski definition) is 1. The Bertz CT molecular complexity index is 1240. The molecule has 0 saturated heterocycles. The SMILES string of the molecule is COc1cc(C(=O)N[C@H](C(=O)Oc2ccc(-c3ccc(C#N)cc3)cc2)C(C)C)cc(OC)c1OC. The van der Waals surface area contributed by atoms with E-state index in [1.165, 1.54) is 33.5 Å². The van der Waals surface area contributed by atoms with Crippen LogP contribution in [0.4, 0.5) is 0 Å². The van der Waals surface area contributed by atoms with Crippen LogP contribution in [0.1, 0.15) is 29.8 Å². The number of rotatable bonds is 9. The number of carbonyl (C=O) groups is 2. The summed E-state index contributed by atoms with van der Waals surface area (Å²) in [5, 5.41) is 11.7. The number of ether oxygens (including phenoxy) is 4. The summed E-state index contributed by atoms with van der Waals surface area (Å²) in [5.41, 5.74) is 2.67. The van der Waals surface area contributed by atoms with E-state index < -0.39 is 17.9 Å². The number of nitrogens with one attached hydrogen (secondary N) is 1. The van der Waals surface area contributed by atoms with Gasteiger partial charge in [-0.25, -0.2) is 4.79 Å². The number of amides is 1. The van der Waals surface area contributed by atoms with Gasteiger partial charge in [-0.3, -0.25) is 4.79 Å². The largest absolute Gasteiger partial charge is 0.493 e. The first kappa shape index (κ1) is 26.1. The second-order valence-electron chi connectivity index (χ2n) is 8.24. The molecule has 186 valence electrons. The molecule has 0 saturated carbocycles. The maximum Gasteiger partial charge on any atom is 0.334 e. The predicted octanol–water partition coefficient (Wildman–Crippen LogP) is 4.61. The lowest BCUT2D eigenvalue weighted by Crippen LogP contribution is -2.46. The summed E-state index contributed by atoms with van der Waals surface area (Å²) in [5.74, 6) is 0.0614. The van der Waals surface area contributed by atoms with Crippen LogP contribution in [0, 0.1) is 17.2 Å². The molecule has 1 N–H and O–H groups in total. The molecule has 0 unspecified atom stereocenters. The molecule has 3 rings (SSSR count). The fraction of sp³-hybridized carbons (Fsp3) is 0.250. The van der Waals surface area contributed by atoms with E-state index in [9.17, 15) is 9.59 Å². The molecule has 0 fully saturated rings. The fourth-order valence-corrected chi connectivity index (χ4v) is 3.57. The van der Waals surface area contributed by atoms with Gasteiger partial charge in [-0.15, -0.1) is 0 Å². The highest BCUT2D eigenvalue weighted by Gasteiger charge is 2.28. The highest BCUT2D eigenvalue weighted by molar-refractivity contribution is 5.98. The van der Waals surface area contributed by atoms with Crippen LogP contribution in [0.15, 0.2) is 60.7 Å². The van der Waals surface area contributed by atoms with Gasteiger partial charge in [0.2, 0.25) is 5.75 Å². The molecule has 0 aliphatic heterocycles. The zero-order chi connectivity index (χ0) is 26.2. The molecule has 0 radical (unpaired) electrons. The number of methoxy groups -OCH3 is 3. The number of carbonyl (C=O) groups excluding carboxylic acids is 2. The normalized spacial score (nSPS) is 11.2. The summed E-state index contributed by atoms with van der Waals surface area (Å²) in [6.07, 6.45) is 0. The predicted molar refractivity (Wildman–Crippen MR) is 134 cm³/mol. The maximum absolute atomic E-state index is 13.0. The molecule has 0 bridgehead atoms. The molecule has 8 heteroatoms. The van der Waals surface area contributed by atoms with E-state index in [4.69, 9.17) is 24.2 Å². The minimum absolute atomic E-state index is 0.235. The average molecular weight is 489 g/mol. The molecule has 1 atom stereocenters. The second-order valence-corrected chi connectivity index (χ2v) is 8.24. The maximum atomic E-state index is 13.0. The molecule has 0 heterocycles. The summed E-state index contributed by atoms with van der Waals surface area (Å²) in [7, 11) is 4.39. The fourth-order valence-electron chi connectivity index (χ4n) is 3.57. The van der Waals surface area contributed by atoms with E-state index in [1.54, 1.807) is 24.3 Å². The third-order valence-corrected chi connectivity index (χ3v) is 5.55. The average Bonchev–Trinajstić information content (AvgIpc) is 2.90. The van der Waals surface area contributed by atoms with Crippen molar-refractivity contribution in [3.63, 3.8) is 0 Å². The minimum Gasteiger partial charge on any atom is -0.493 e. The van der Waals surface area contributed by atoms with Gasteiger partial charge < -0.3 is 24.3 Å². The zero-order valence-electron chi connectivity index (χ0n) is 20.8. The number of nitriles is 1. The van der Waals surface area contributed by atoms with Crippen LogP contribution in [-0.2, 0) is 4.79 Å². The Balaban J connectivity index is 1.74. The first-order valence-corrected chi connectivity index (χ1v) is 11.2. The first-order chi connectivity index (χ1) is 17.3. The molecule has 0 aromatic heterocycles. The Morgan fingerprint density at radius 3 is 1.81 bits per heavy atom. The molecule has 3 aromatic carbocycles. The van der Waals surface area contributed by atoms with Gasteiger partial charge in [0.15, 0.2) is 11.5 Å². The van der Waals surface area contributed by atoms with Crippen LogP contribution < -0.4 is 24.3 Å². The second kappa shape index (κ2) is 11.8. The van der Waals surface area contributed by atoms with E-state index in [0.29, 0.717) is 28.6 Å². The minimum atomic E-state index is -0.894. The smallest absolute Gasteiger partial charge is 0.334 e. The summed E-state index contributed by atoms with van der Waals surface area (Å²) in [6.45, 7) is 3.63. The van der Waals surface area contributed by atoms with Crippen molar-refractivity contribution in [2.75, 3.05) is 21.3 Å². The van der Waals surface area contributed by atoms with E-state index in [-0.39, 0.29) is 11.5 Å². The van der Waals surface area contributed by atoms with Crippen LogP contribution in [0.3, 0.4) is 0 Å². The van der Waals surface area contributed by atoms with Gasteiger partial charge in [-0.05, 0) is 53.4 Å². The Kier molecular flexibility index (Phi) is 8.52. The zero-order valence-corrected chi connectivity index (χ0v) is 20.8. The third-order valence-electron chi connectivity index (χ3n) is 5.55. The van der Waals surface area contributed by atoms with Crippen molar-refractivity contribution in [3.8, 4) is 40.2 Å². The van der Waals surface area contributed by atoms with Crippen LogP contribution in [0.25, 0.3) is 11.1 Å². The molecular weight excluding hydrogens is 460 g/mol. The summed E-state index contributed by atoms with van der Waals surface area (Å²) in [6, 6.07) is 18.4. The van der Waals surface area contributed by atoms with Crippen molar-refractivity contribution in [2.45, 2.75) is 19.9 Å². The molecule has 0 spiro atoms. The number of esters is 1. The van der Waals surface area contributed by atoms with Crippen molar-refractivity contribution in [1.29, 1.82) is 5.26 Å². The molecular formula is C28H28N2O6. The number of hydrogen-bond acceptors (Lipinski definition) is 7. The van der Waals surface area contributed by atoms with E-state index in [2.05, 4.69) is 11.4 Å². The lowest BCUT2D eigenvalue weighted by molar-refractivity contribution is -0.137. The summed E-state index contributed by atoms with van der Waals surface area (Å²) in [4.78, 5) is 26.0. The third kappa shape index (κ3) is 5.94. The highest BCUT2D eigenvalue weighted by Crippen LogP contribution is 2.38. The van der Waals surface area contributed by atoms with Gasteiger partial charge in [0, 0.05) is 5.56 Å². The highest BCUT2D eigenvalue weighted by atomic mass is 16.5. The van der Waals surface area contributed by atoms with Gasteiger partial charge in [-0.2, -0.15) is 5.26 Å². The first-order valence-electron chi connectivity index (χ1n) is 11.2. The van der Waals surface area contributed by atoms with Gasteiger partial charge in [0.05, 0.1) is 33.0 Å². The van der Waals surface area contributed by atoms with E-state index >= 15 is 0 Å². The monoisotopic (exact) mass is 488 g/mol. The van der Waals surface area contributed by atoms with E-state index in [0.717, 1.165) is 11.1 Å². The Morgan fingerprint density at radius 2 is 1.36 bits per heavy atom. The summed E-state index contributed by atoms with van der Waals surface area (Å²) >= 11 is 0. The van der Waals surface area contributed by atoms with Gasteiger partial charge in [0.1, 0.15) is 11.8 Å². The van der Waals surface area contributed by atoms with Gasteiger partial charge in [0.25, 0.3) is 5.91 Å². The van der Waals surface area contributed by atoms with Crippen molar-refractivity contribution >= 4 is 11.9 Å². The van der Waals surface area contributed by atoms with Gasteiger partial charge in [-0.1, -0.05) is 38.1 Å². The quantitative estimate of drug-likeness (QED) is 0.346. The Hall–Kier alpha value is -4.51. The Morgan fingerprint density at radius 1 is 0.833 bits per heavy atom. The standard InChI is InChI=1S/C28H28N2O6/c1-17(2)25(30-27(31)21-14-23(33-3)26(35-5)24(15-21)34-4)28(32)36-22-12-10-20(11-13-22)19-8-6-18(16-29)7-9-19/h6-15,17,25H,1-5H3,(H,30,31)/t25-/m0/s1. The van der Waals surface area contributed by atoms with Crippen molar-refractivity contribution < 1.29 is 28.5 Å². The number of benzene rings is 3. The topological polar surface area (TPSA) is 107 Å². The Labute approximate surface area is 210 Å². The molecule has 1 amide bonds. The van der Waals surface area contributed by atoms with E-state index in [1.807, 2.05) is 38.1 Å². The lowest BCUT2D eigenvalue weighted by atomic mass is 10.0. The van der Waals surface area contributed by atoms with Crippen LogP contribution >= 0.6 is 0 Å². The lowest BCUT2D eigenvalue weighted by Gasteiger charge is -2.21. The van der Waals surface area contributed by atoms with Crippen molar-refractivity contribution in [3.05, 3.63) is 71.8 Å². The van der Waals surface area contributed by atoms with Crippen LogP contribution in [0.5, 0.6) is 23.0 Å². The van der Waals surface area contributed by atoms with Crippen molar-refractivity contribution in [1.82, 2.24) is 5.32 Å². The van der Waals surface area contributed by atoms with Crippen molar-refractivity contribution in [2.24, 2.45) is 5.92 Å².